The van der Waals surface area contributed by atoms with Crippen molar-refractivity contribution in [2.75, 3.05) is 14.2 Å². The molecule has 1 rings (SSSR count). The van der Waals surface area contributed by atoms with E-state index in [0.29, 0.717) is 17.1 Å². The Kier molecular flexibility index (Phi) is 4.89. The first-order valence-electron chi connectivity index (χ1n) is 5.77. The number of ketones is 2. The van der Waals surface area contributed by atoms with Gasteiger partial charge in [-0.3, -0.25) is 9.59 Å². The van der Waals surface area contributed by atoms with E-state index in [-0.39, 0.29) is 18.1 Å². The predicted molar refractivity (Wildman–Crippen MR) is 68.1 cm³/mol. The first-order chi connectivity index (χ1) is 8.49. The Labute approximate surface area is 107 Å². The Morgan fingerprint density at radius 3 is 2.33 bits per heavy atom. The topological polar surface area (TPSA) is 52.6 Å². The van der Waals surface area contributed by atoms with Crippen LogP contribution in [0.4, 0.5) is 0 Å². The van der Waals surface area contributed by atoms with Crippen molar-refractivity contribution in [3.63, 3.8) is 0 Å². The summed E-state index contributed by atoms with van der Waals surface area (Å²) in [5, 5.41) is 0. The summed E-state index contributed by atoms with van der Waals surface area (Å²) in [4.78, 5) is 23.3. The summed E-state index contributed by atoms with van der Waals surface area (Å²) in [5.74, 6) is 0.181. The van der Waals surface area contributed by atoms with Crippen molar-refractivity contribution >= 4 is 11.6 Å². The third-order valence-corrected chi connectivity index (χ3v) is 2.64. The van der Waals surface area contributed by atoms with Gasteiger partial charge >= 0.3 is 0 Å². The summed E-state index contributed by atoms with van der Waals surface area (Å²) in [6.07, 6.45) is 0.0597. The average Bonchev–Trinajstić information content (AvgIpc) is 2.37. The second kappa shape index (κ2) is 6.19. The van der Waals surface area contributed by atoms with Crippen LogP contribution in [-0.4, -0.2) is 25.8 Å². The second-order valence-electron chi connectivity index (χ2n) is 4.30. The number of hydrogen-bond donors (Lipinski definition) is 0. The van der Waals surface area contributed by atoms with Crippen molar-refractivity contribution in [1.82, 2.24) is 0 Å². The van der Waals surface area contributed by atoms with Gasteiger partial charge in [0, 0.05) is 24.0 Å². The summed E-state index contributed by atoms with van der Waals surface area (Å²) in [6.45, 7) is 3.43. The van der Waals surface area contributed by atoms with E-state index in [1.165, 1.54) is 7.11 Å². The summed E-state index contributed by atoms with van der Waals surface area (Å²) < 4.78 is 10.3. The zero-order chi connectivity index (χ0) is 13.7. The van der Waals surface area contributed by atoms with E-state index >= 15 is 0 Å². The van der Waals surface area contributed by atoms with Gasteiger partial charge in [-0.25, -0.2) is 0 Å². The second-order valence-corrected chi connectivity index (χ2v) is 4.30. The molecule has 0 aliphatic carbocycles. The quantitative estimate of drug-likeness (QED) is 0.725. The van der Waals surface area contributed by atoms with E-state index in [1.54, 1.807) is 39.2 Å². The lowest BCUT2D eigenvalue weighted by Crippen LogP contribution is -2.21. The van der Waals surface area contributed by atoms with Gasteiger partial charge in [-0.05, 0) is 6.07 Å². The molecule has 0 atom stereocenters. The molecule has 0 heterocycles. The maximum Gasteiger partial charge on any atom is 0.203 e. The average molecular weight is 250 g/mol. The van der Waals surface area contributed by atoms with Gasteiger partial charge in [0.25, 0.3) is 0 Å². The molecule has 1 aromatic rings. The number of rotatable bonds is 6. The molecule has 18 heavy (non-hydrogen) atoms. The lowest BCUT2D eigenvalue weighted by molar-refractivity contribution is -0.138. The highest BCUT2D eigenvalue weighted by Crippen LogP contribution is 2.25. The SMILES string of the molecule is COc1ccc(CC(=O)C(=O)C(C)C)c(OC)c1. The van der Waals surface area contributed by atoms with Crippen molar-refractivity contribution in [1.29, 1.82) is 0 Å². The molecule has 0 spiro atoms. The lowest BCUT2D eigenvalue weighted by Gasteiger charge is -2.10. The number of carbonyl (C=O) groups excluding carboxylic acids is 2. The Balaban J connectivity index is 2.91. The Morgan fingerprint density at radius 1 is 1.17 bits per heavy atom. The van der Waals surface area contributed by atoms with Crippen LogP contribution in [0, 0.1) is 5.92 Å². The Hall–Kier alpha value is -1.84. The summed E-state index contributed by atoms with van der Waals surface area (Å²) in [5.41, 5.74) is 0.692. The minimum atomic E-state index is -0.395. The van der Waals surface area contributed by atoms with E-state index in [0.717, 1.165) is 0 Å². The fourth-order valence-electron chi connectivity index (χ4n) is 1.58. The first kappa shape index (κ1) is 14.2. The van der Waals surface area contributed by atoms with Crippen LogP contribution >= 0.6 is 0 Å². The lowest BCUT2D eigenvalue weighted by atomic mass is 9.99. The van der Waals surface area contributed by atoms with Crippen molar-refractivity contribution in [3.05, 3.63) is 23.8 Å². The molecule has 0 amide bonds. The summed E-state index contributed by atoms with van der Waals surface area (Å²) in [7, 11) is 3.08. The molecule has 0 unspecified atom stereocenters. The zero-order valence-corrected chi connectivity index (χ0v) is 11.1. The first-order valence-corrected chi connectivity index (χ1v) is 5.77. The molecule has 4 nitrogen and oxygen atoms in total. The summed E-state index contributed by atoms with van der Waals surface area (Å²) >= 11 is 0. The molecule has 0 bridgehead atoms. The molecule has 0 aromatic heterocycles. The van der Waals surface area contributed by atoms with Crippen molar-refractivity contribution in [2.24, 2.45) is 5.92 Å². The van der Waals surface area contributed by atoms with E-state index in [2.05, 4.69) is 0 Å². The number of carbonyl (C=O) groups is 2. The van der Waals surface area contributed by atoms with Gasteiger partial charge in [0.2, 0.25) is 11.6 Å². The van der Waals surface area contributed by atoms with Crippen LogP contribution in [0.15, 0.2) is 18.2 Å². The van der Waals surface area contributed by atoms with Crippen molar-refractivity contribution in [3.8, 4) is 11.5 Å². The van der Waals surface area contributed by atoms with Crippen LogP contribution in [0.25, 0.3) is 0 Å². The van der Waals surface area contributed by atoms with Crippen LogP contribution < -0.4 is 9.47 Å². The van der Waals surface area contributed by atoms with Gasteiger partial charge in [0.15, 0.2) is 0 Å². The van der Waals surface area contributed by atoms with Crippen LogP contribution in [0.2, 0.25) is 0 Å². The predicted octanol–water partition coefficient (Wildman–Crippen LogP) is 2.04. The van der Waals surface area contributed by atoms with Crippen molar-refractivity contribution in [2.45, 2.75) is 20.3 Å². The van der Waals surface area contributed by atoms with Crippen LogP contribution in [0.3, 0.4) is 0 Å². The molecule has 0 aliphatic rings. The monoisotopic (exact) mass is 250 g/mol. The standard InChI is InChI=1S/C14H18O4/c1-9(2)14(16)12(15)7-10-5-6-11(17-3)8-13(10)18-4/h5-6,8-9H,7H2,1-4H3. The number of hydrogen-bond acceptors (Lipinski definition) is 4. The van der Waals surface area contributed by atoms with E-state index in [1.807, 2.05) is 0 Å². The zero-order valence-electron chi connectivity index (χ0n) is 11.1. The number of benzene rings is 1. The molecule has 4 heteroatoms. The molecular weight excluding hydrogens is 232 g/mol. The molecule has 0 fully saturated rings. The number of ether oxygens (including phenoxy) is 2. The van der Waals surface area contributed by atoms with Gasteiger partial charge in [-0.15, -0.1) is 0 Å². The van der Waals surface area contributed by atoms with Gasteiger partial charge in [0.1, 0.15) is 11.5 Å². The van der Waals surface area contributed by atoms with Crippen LogP contribution in [-0.2, 0) is 16.0 Å². The molecule has 0 saturated carbocycles. The third-order valence-electron chi connectivity index (χ3n) is 2.64. The fourth-order valence-corrected chi connectivity index (χ4v) is 1.58. The van der Waals surface area contributed by atoms with Gasteiger partial charge in [0.05, 0.1) is 14.2 Å². The van der Waals surface area contributed by atoms with Gasteiger partial charge in [-0.1, -0.05) is 19.9 Å². The van der Waals surface area contributed by atoms with Gasteiger partial charge in [-0.2, -0.15) is 0 Å². The molecule has 0 N–H and O–H groups in total. The van der Waals surface area contributed by atoms with Crippen LogP contribution in [0.5, 0.6) is 11.5 Å². The third kappa shape index (κ3) is 3.32. The van der Waals surface area contributed by atoms with E-state index < -0.39 is 5.78 Å². The maximum absolute atomic E-state index is 11.7. The normalized spacial score (nSPS) is 10.3. The van der Waals surface area contributed by atoms with E-state index in [9.17, 15) is 9.59 Å². The summed E-state index contributed by atoms with van der Waals surface area (Å²) in [6, 6.07) is 5.18. The van der Waals surface area contributed by atoms with Crippen molar-refractivity contribution < 1.29 is 19.1 Å². The molecule has 0 radical (unpaired) electrons. The molecular formula is C14H18O4. The smallest absolute Gasteiger partial charge is 0.203 e. The minimum Gasteiger partial charge on any atom is -0.497 e. The largest absolute Gasteiger partial charge is 0.497 e. The van der Waals surface area contributed by atoms with E-state index in [4.69, 9.17) is 9.47 Å². The molecule has 1 aromatic carbocycles. The Bertz CT molecular complexity index is 449. The number of Topliss-reactive ketones (excluding diaryl/α,β-unsaturated/α-hetero) is 2. The highest BCUT2D eigenvalue weighted by atomic mass is 16.5. The molecule has 0 aliphatic heterocycles. The molecule has 98 valence electrons. The van der Waals surface area contributed by atoms with Crippen LogP contribution in [0.1, 0.15) is 19.4 Å². The highest BCUT2D eigenvalue weighted by molar-refractivity contribution is 6.38. The minimum absolute atomic E-state index is 0.0597. The molecule has 0 saturated heterocycles. The fraction of sp³-hybridized carbons (Fsp3) is 0.429. The maximum atomic E-state index is 11.7. The number of methoxy groups -OCH3 is 2. The Morgan fingerprint density at radius 2 is 1.83 bits per heavy atom. The van der Waals surface area contributed by atoms with Gasteiger partial charge < -0.3 is 9.47 Å². The highest BCUT2D eigenvalue weighted by Gasteiger charge is 2.19.